The summed E-state index contributed by atoms with van der Waals surface area (Å²) in [7, 11) is -3.29. The highest BCUT2D eigenvalue weighted by Gasteiger charge is 2.35. The fourth-order valence-corrected chi connectivity index (χ4v) is 5.65. The highest BCUT2D eigenvalue weighted by molar-refractivity contribution is 7.92. The van der Waals surface area contributed by atoms with Gasteiger partial charge in [-0.15, -0.1) is 0 Å². The van der Waals surface area contributed by atoms with E-state index >= 15 is 0 Å². The van der Waals surface area contributed by atoms with E-state index in [4.69, 9.17) is 0 Å². The van der Waals surface area contributed by atoms with Gasteiger partial charge >= 0.3 is 0 Å². The maximum absolute atomic E-state index is 11.7. The van der Waals surface area contributed by atoms with Crippen molar-refractivity contribution in [2.45, 2.75) is 57.9 Å². The molecule has 0 aliphatic carbocycles. The van der Waals surface area contributed by atoms with Gasteiger partial charge in [-0.3, -0.25) is 9.62 Å². The summed E-state index contributed by atoms with van der Waals surface area (Å²) < 4.78 is 26.0. The SMILES string of the molecule is CC(C)C(C#N)(CCCC1CCN(Cc2ccccc2NS(C)(=O)=O)CC1)c1ccccc1. The number of likely N-dealkylation sites (tertiary alicyclic amines) is 1. The molecule has 1 aliphatic rings. The summed E-state index contributed by atoms with van der Waals surface area (Å²) in [6, 6.07) is 20.6. The Bertz CT molecular complexity index is 1040. The van der Waals surface area contributed by atoms with Crippen molar-refractivity contribution in [3.05, 3.63) is 65.7 Å². The highest BCUT2D eigenvalue weighted by Crippen LogP contribution is 2.38. The van der Waals surface area contributed by atoms with Crippen molar-refractivity contribution in [2.24, 2.45) is 11.8 Å². The minimum Gasteiger partial charge on any atom is -0.299 e. The first-order valence-electron chi connectivity index (χ1n) is 12.0. The number of hydrogen-bond acceptors (Lipinski definition) is 4. The number of hydrogen-bond donors (Lipinski definition) is 1. The number of sulfonamides is 1. The van der Waals surface area contributed by atoms with Crippen LogP contribution in [0.1, 0.15) is 57.1 Å². The summed E-state index contributed by atoms with van der Waals surface area (Å²) in [4.78, 5) is 2.41. The molecule has 6 heteroatoms. The number of benzene rings is 2. The Labute approximate surface area is 199 Å². The summed E-state index contributed by atoms with van der Waals surface area (Å²) in [5.41, 5.74) is 2.40. The molecule has 2 aromatic rings. The molecule has 0 aromatic heterocycles. The standard InChI is InChI=1S/C27H37N3O2S/c1-22(2)27(21-28,25-12-5-4-6-13-25)17-9-10-23-15-18-30(19-16-23)20-24-11-7-8-14-26(24)29-33(3,31)32/h4-8,11-14,22-23,29H,9-10,15-20H2,1-3H3. The zero-order valence-corrected chi connectivity index (χ0v) is 20.9. The van der Waals surface area contributed by atoms with E-state index in [1.807, 2.05) is 42.5 Å². The van der Waals surface area contributed by atoms with E-state index in [2.05, 4.69) is 41.7 Å². The number of anilines is 1. The average molecular weight is 468 g/mol. The second-order valence-corrected chi connectivity index (χ2v) is 11.5. The van der Waals surface area contributed by atoms with Gasteiger partial charge in [-0.2, -0.15) is 5.26 Å². The van der Waals surface area contributed by atoms with Gasteiger partial charge in [-0.1, -0.05) is 75.2 Å². The van der Waals surface area contributed by atoms with E-state index in [0.717, 1.165) is 62.9 Å². The lowest BCUT2D eigenvalue weighted by Crippen LogP contribution is -2.34. The fraction of sp³-hybridized carbons (Fsp3) is 0.519. The van der Waals surface area contributed by atoms with E-state index in [9.17, 15) is 13.7 Å². The normalized spacial score (nSPS) is 17.4. The monoisotopic (exact) mass is 467 g/mol. The quantitative estimate of drug-likeness (QED) is 0.497. The third-order valence-electron chi connectivity index (χ3n) is 7.07. The van der Waals surface area contributed by atoms with Gasteiger partial charge in [0.15, 0.2) is 0 Å². The number of nitrogens with one attached hydrogen (secondary N) is 1. The van der Waals surface area contributed by atoms with Crippen molar-refractivity contribution < 1.29 is 8.42 Å². The Balaban J connectivity index is 1.52. The average Bonchev–Trinajstić information content (AvgIpc) is 2.79. The van der Waals surface area contributed by atoms with Crippen LogP contribution >= 0.6 is 0 Å². The molecule has 0 amide bonds. The molecule has 1 saturated heterocycles. The Kier molecular flexibility index (Phi) is 8.56. The van der Waals surface area contributed by atoms with E-state index in [1.165, 1.54) is 6.26 Å². The van der Waals surface area contributed by atoms with E-state index in [-0.39, 0.29) is 5.92 Å². The Morgan fingerprint density at radius 3 is 2.33 bits per heavy atom. The lowest BCUT2D eigenvalue weighted by Gasteiger charge is -2.34. The maximum Gasteiger partial charge on any atom is 0.229 e. The van der Waals surface area contributed by atoms with Crippen molar-refractivity contribution in [3.63, 3.8) is 0 Å². The van der Waals surface area contributed by atoms with Crippen LogP contribution in [-0.4, -0.2) is 32.7 Å². The molecule has 3 rings (SSSR count). The second kappa shape index (κ2) is 11.2. The molecule has 1 unspecified atom stereocenters. The highest BCUT2D eigenvalue weighted by atomic mass is 32.2. The molecule has 0 radical (unpaired) electrons. The van der Waals surface area contributed by atoms with Gasteiger partial charge in [0.25, 0.3) is 0 Å². The summed E-state index contributed by atoms with van der Waals surface area (Å²) in [6.07, 6.45) is 6.60. The fourth-order valence-electron chi connectivity index (χ4n) is 5.05. The number of nitriles is 1. The minimum absolute atomic E-state index is 0.271. The summed E-state index contributed by atoms with van der Waals surface area (Å²) >= 11 is 0. The van der Waals surface area contributed by atoms with Crippen molar-refractivity contribution >= 4 is 15.7 Å². The molecule has 1 atom stereocenters. The van der Waals surface area contributed by atoms with Gasteiger partial charge in [0, 0.05) is 6.54 Å². The first kappa shape index (κ1) is 25.3. The lowest BCUT2D eigenvalue weighted by molar-refractivity contribution is 0.168. The Morgan fingerprint density at radius 2 is 1.73 bits per heavy atom. The molecular formula is C27H37N3O2S. The molecule has 0 bridgehead atoms. The molecule has 0 saturated carbocycles. The zero-order valence-electron chi connectivity index (χ0n) is 20.1. The number of piperidine rings is 1. The summed E-state index contributed by atoms with van der Waals surface area (Å²) in [5.74, 6) is 0.956. The van der Waals surface area contributed by atoms with Crippen LogP contribution in [0.5, 0.6) is 0 Å². The molecule has 0 spiro atoms. The van der Waals surface area contributed by atoms with Gasteiger partial charge in [-0.05, 0) is 61.4 Å². The molecule has 1 aliphatic heterocycles. The van der Waals surface area contributed by atoms with Gasteiger partial charge in [-0.25, -0.2) is 8.42 Å². The lowest BCUT2D eigenvalue weighted by atomic mass is 9.69. The number of rotatable bonds is 10. The topological polar surface area (TPSA) is 73.2 Å². The molecule has 178 valence electrons. The summed E-state index contributed by atoms with van der Waals surface area (Å²) in [6.45, 7) is 7.11. The van der Waals surface area contributed by atoms with Crippen LogP contribution in [-0.2, 0) is 22.0 Å². The van der Waals surface area contributed by atoms with Crippen LogP contribution in [0.3, 0.4) is 0 Å². The Hall–Kier alpha value is -2.36. The van der Waals surface area contributed by atoms with Crippen LogP contribution in [0, 0.1) is 23.2 Å². The van der Waals surface area contributed by atoms with Gasteiger partial charge in [0.1, 0.15) is 0 Å². The van der Waals surface area contributed by atoms with Gasteiger partial charge < -0.3 is 0 Å². The molecule has 1 fully saturated rings. The van der Waals surface area contributed by atoms with Crippen molar-refractivity contribution in [1.29, 1.82) is 5.26 Å². The number of nitrogens with zero attached hydrogens (tertiary/aromatic N) is 2. The Morgan fingerprint density at radius 1 is 1.09 bits per heavy atom. The molecule has 5 nitrogen and oxygen atoms in total. The molecule has 1 N–H and O–H groups in total. The minimum atomic E-state index is -3.29. The van der Waals surface area contributed by atoms with Crippen LogP contribution < -0.4 is 4.72 Å². The van der Waals surface area contributed by atoms with Crippen molar-refractivity contribution in [2.75, 3.05) is 24.1 Å². The van der Waals surface area contributed by atoms with Crippen LogP contribution in [0.4, 0.5) is 5.69 Å². The maximum atomic E-state index is 11.7. The second-order valence-electron chi connectivity index (χ2n) is 9.75. The molecule has 33 heavy (non-hydrogen) atoms. The number of para-hydroxylation sites is 1. The largest absolute Gasteiger partial charge is 0.299 e. The molecule has 2 aromatic carbocycles. The van der Waals surface area contributed by atoms with Crippen LogP contribution in [0.2, 0.25) is 0 Å². The van der Waals surface area contributed by atoms with Crippen LogP contribution in [0.15, 0.2) is 54.6 Å². The van der Waals surface area contributed by atoms with E-state index < -0.39 is 15.4 Å². The predicted octanol–water partition coefficient (Wildman–Crippen LogP) is 5.56. The van der Waals surface area contributed by atoms with Crippen molar-refractivity contribution in [1.82, 2.24) is 4.90 Å². The third-order valence-corrected chi connectivity index (χ3v) is 7.66. The molecular weight excluding hydrogens is 430 g/mol. The summed E-state index contributed by atoms with van der Waals surface area (Å²) in [5, 5.41) is 10.1. The smallest absolute Gasteiger partial charge is 0.229 e. The van der Waals surface area contributed by atoms with Gasteiger partial charge in [0.2, 0.25) is 10.0 Å². The zero-order chi connectivity index (χ0) is 23.9. The van der Waals surface area contributed by atoms with Crippen LogP contribution in [0.25, 0.3) is 0 Å². The first-order chi connectivity index (χ1) is 15.7. The predicted molar refractivity (Wildman–Crippen MR) is 135 cm³/mol. The van der Waals surface area contributed by atoms with Gasteiger partial charge in [0.05, 0.1) is 23.4 Å². The van der Waals surface area contributed by atoms with Crippen molar-refractivity contribution in [3.8, 4) is 6.07 Å². The third kappa shape index (κ3) is 6.82. The first-order valence-corrected chi connectivity index (χ1v) is 13.9. The van der Waals surface area contributed by atoms with E-state index in [0.29, 0.717) is 11.6 Å². The van der Waals surface area contributed by atoms with E-state index in [1.54, 1.807) is 0 Å². The molecule has 1 heterocycles.